The maximum atomic E-state index is 5.45. The fourth-order valence-electron chi connectivity index (χ4n) is 2.59. The van der Waals surface area contributed by atoms with Crippen LogP contribution in [0.1, 0.15) is 31.2 Å². The summed E-state index contributed by atoms with van der Waals surface area (Å²) in [7, 11) is 5.80. The Balaban J connectivity index is 2.00. The second-order valence-corrected chi connectivity index (χ2v) is 5.26. The second kappa shape index (κ2) is 6.10. The summed E-state index contributed by atoms with van der Waals surface area (Å²) in [5.74, 6) is 0.950. The Kier molecular flexibility index (Phi) is 4.48. The van der Waals surface area contributed by atoms with Gasteiger partial charge in [0.1, 0.15) is 5.75 Å². The van der Waals surface area contributed by atoms with Crippen molar-refractivity contribution in [2.45, 2.75) is 38.3 Å². The second-order valence-electron chi connectivity index (χ2n) is 5.26. The summed E-state index contributed by atoms with van der Waals surface area (Å²) in [6, 6.07) is 7.16. The molecule has 0 radical (unpaired) electrons. The molecule has 0 heterocycles. The Hall–Kier alpha value is -1.22. The number of nitrogens with zero attached hydrogens (tertiary/aromatic N) is 1. The van der Waals surface area contributed by atoms with Crippen LogP contribution in [0.5, 0.6) is 5.75 Å². The van der Waals surface area contributed by atoms with Crippen LogP contribution in [0.2, 0.25) is 0 Å². The molecule has 0 bridgehead atoms. The van der Waals surface area contributed by atoms with E-state index in [0.717, 1.165) is 18.0 Å². The van der Waals surface area contributed by atoms with Gasteiger partial charge in [-0.25, -0.2) is 0 Å². The van der Waals surface area contributed by atoms with Gasteiger partial charge in [-0.1, -0.05) is 18.9 Å². The minimum absolute atomic E-state index is 0.713. The molecule has 0 unspecified atom stereocenters. The molecule has 2 rings (SSSR count). The third-order valence-electron chi connectivity index (χ3n) is 3.68. The Morgan fingerprint density at radius 3 is 2.61 bits per heavy atom. The largest absolute Gasteiger partial charge is 0.495 e. The lowest BCUT2D eigenvalue weighted by Gasteiger charge is -2.18. The van der Waals surface area contributed by atoms with Gasteiger partial charge in [0.15, 0.2) is 0 Å². The van der Waals surface area contributed by atoms with Crippen molar-refractivity contribution < 1.29 is 4.74 Å². The highest BCUT2D eigenvalue weighted by molar-refractivity contribution is 5.58. The third-order valence-corrected chi connectivity index (χ3v) is 3.68. The number of rotatable bonds is 5. The maximum Gasteiger partial charge on any atom is 0.142 e. The van der Waals surface area contributed by atoms with Gasteiger partial charge in [-0.2, -0.15) is 0 Å². The van der Waals surface area contributed by atoms with E-state index in [-0.39, 0.29) is 0 Å². The number of hydrogen-bond acceptors (Lipinski definition) is 3. The summed E-state index contributed by atoms with van der Waals surface area (Å²) in [5.41, 5.74) is 2.42. The highest BCUT2D eigenvalue weighted by Gasteiger charge is 2.14. The molecule has 0 spiro atoms. The Bertz CT molecular complexity index is 384. The molecule has 1 aromatic carbocycles. The molecule has 0 aliphatic heterocycles. The molecular formula is C15H24N2O. The van der Waals surface area contributed by atoms with Crippen molar-refractivity contribution in [3.8, 4) is 5.75 Å². The van der Waals surface area contributed by atoms with Gasteiger partial charge >= 0.3 is 0 Å². The fourth-order valence-corrected chi connectivity index (χ4v) is 2.59. The summed E-state index contributed by atoms with van der Waals surface area (Å²) >= 11 is 0. The molecule has 0 saturated heterocycles. The fraction of sp³-hybridized carbons (Fsp3) is 0.600. The smallest absolute Gasteiger partial charge is 0.142 e. The van der Waals surface area contributed by atoms with E-state index in [1.54, 1.807) is 7.11 Å². The number of nitrogens with one attached hydrogen (secondary N) is 1. The van der Waals surface area contributed by atoms with Crippen LogP contribution in [0.25, 0.3) is 0 Å². The Labute approximate surface area is 110 Å². The van der Waals surface area contributed by atoms with E-state index in [4.69, 9.17) is 4.74 Å². The van der Waals surface area contributed by atoms with Crippen LogP contribution >= 0.6 is 0 Å². The molecule has 1 aliphatic rings. The van der Waals surface area contributed by atoms with Gasteiger partial charge in [-0.3, -0.25) is 0 Å². The van der Waals surface area contributed by atoms with Crippen molar-refractivity contribution in [3.05, 3.63) is 23.8 Å². The highest BCUT2D eigenvalue weighted by Crippen LogP contribution is 2.28. The number of hydrogen-bond donors (Lipinski definition) is 1. The van der Waals surface area contributed by atoms with Gasteiger partial charge in [-0.05, 0) is 30.5 Å². The van der Waals surface area contributed by atoms with Gasteiger partial charge in [0.2, 0.25) is 0 Å². The first kappa shape index (κ1) is 13.2. The summed E-state index contributed by atoms with van der Waals surface area (Å²) in [5, 5.41) is 3.63. The first-order chi connectivity index (χ1) is 8.70. The van der Waals surface area contributed by atoms with Crippen LogP contribution in [0.4, 0.5) is 5.69 Å². The van der Waals surface area contributed by atoms with Crippen molar-refractivity contribution >= 4 is 5.69 Å². The first-order valence-electron chi connectivity index (χ1n) is 6.78. The molecule has 1 saturated carbocycles. The molecule has 18 heavy (non-hydrogen) atoms. The van der Waals surface area contributed by atoms with Gasteiger partial charge in [0, 0.05) is 26.7 Å². The molecule has 3 nitrogen and oxygen atoms in total. The van der Waals surface area contributed by atoms with Crippen molar-refractivity contribution in [2.75, 3.05) is 26.1 Å². The zero-order chi connectivity index (χ0) is 13.0. The van der Waals surface area contributed by atoms with Crippen molar-refractivity contribution in [1.29, 1.82) is 0 Å². The number of ether oxygens (including phenoxy) is 1. The zero-order valence-corrected chi connectivity index (χ0v) is 11.7. The highest BCUT2D eigenvalue weighted by atomic mass is 16.5. The lowest BCUT2D eigenvalue weighted by Crippen LogP contribution is -2.25. The molecule has 3 heteroatoms. The topological polar surface area (TPSA) is 24.5 Å². The summed E-state index contributed by atoms with van der Waals surface area (Å²) in [6.45, 7) is 0.939. The van der Waals surface area contributed by atoms with E-state index in [1.165, 1.54) is 31.2 Å². The molecule has 0 aromatic heterocycles. The minimum Gasteiger partial charge on any atom is -0.495 e. The normalized spacial score (nSPS) is 15.9. The minimum atomic E-state index is 0.713. The van der Waals surface area contributed by atoms with Gasteiger partial charge in [-0.15, -0.1) is 0 Å². The Morgan fingerprint density at radius 2 is 2.00 bits per heavy atom. The SMILES string of the molecule is COc1cc(CNC2CCCC2)ccc1N(C)C. The van der Waals surface area contributed by atoms with Crippen molar-refractivity contribution in [3.63, 3.8) is 0 Å². The average molecular weight is 248 g/mol. The van der Waals surface area contributed by atoms with Crippen LogP contribution in [0, 0.1) is 0 Å². The van der Waals surface area contributed by atoms with E-state index >= 15 is 0 Å². The van der Waals surface area contributed by atoms with E-state index < -0.39 is 0 Å². The Morgan fingerprint density at radius 1 is 1.28 bits per heavy atom. The molecule has 1 aliphatic carbocycles. The van der Waals surface area contributed by atoms with Crippen molar-refractivity contribution in [2.24, 2.45) is 0 Å². The van der Waals surface area contributed by atoms with Gasteiger partial charge in [0.05, 0.1) is 12.8 Å². The predicted molar refractivity (Wildman–Crippen MR) is 76.4 cm³/mol. The van der Waals surface area contributed by atoms with E-state index in [0.29, 0.717) is 6.04 Å². The molecule has 0 amide bonds. The van der Waals surface area contributed by atoms with Crippen LogP contribution in [0.15, 0.2) is 18.2 Å². The lowest BCUT2D eigenvalue weighted by molar-refractivity contribution is 0.414. The molecule has 1 aromatic rings. The predicted octanol–water partition coefficient (Wildman–Crippen LogP) is 2.79. The van der Waals surface area contributed by atoms with Gasteiger partial charge in [0.25, 0.3) is 0 Å². The molecular weight excluding hydrogens is 224 g/mol. The maximum absolute atomic E-state index is 5.45. The van der Waals surface area contributed by atoms with Crippen LogP contribution in [-0.2, 0) is 6.54 Å². The van der Waals surface area contributed by atoms with Gasteiger partial charge < -0.3 is 15.0 Å². The average Bonchev–Trinajstić information content (AvgIpc) is 2.88. The standard InChI is InChI=1S/C15H24N2O/c1-17(2)14-9-8-12(10-15(14)18-3)11-16-13-6-4-5-7-13/h8-10,13,16H,4-7,11H2,1-3H3. The van der Waals surface area contributed by atoms with Crippen LogP contribution in [-0.4, -0.2) is 27.2 Å². The lowest BCUT2D eigenvalue weighted by atomic mass is 10.1. The quantitative estimate of drug-likeness (QED) is 0.867. The van der Waals surface area contributed by atoms with Crippen LogP contribution in [0.3, 0.4) is 0 Å². The van der Waals surface area contributed by atoms with E-state index in [1.807, 2.05) is 14.1 Å². The summed E-state index contributed by atoms with van der Waals surface area (Å²) in [4.78, 5) is 2.08. The van der Waals surface area contributed by atoms with Crippen LogP contribution < -0.4 is 15.0 Å². The third kappa shape index (κ3) is 3.16. The number of benzene rings is 1. The monoisotopic (exact) mass is 248 g/mol. The number of methoxy groups -OCH3 is 1. The first-order valence-corrected chi connectivity index (χ1v) is 6.78. The summed E-state index contributed by atoms with van der Waals surface area (Å²) < 4.78 is 5.45. The number of anilines is 1. The van der Waals surface area contributed by atoms with Crippen molar-refractivity contribution in [1.82, 2.24) is 5.32 Å². The molecule has 100 valence electrons. The molecule has 0 atom stereocenters. The molecule has 1 fully saturated rings. The molecule has 1 N–H and O–H groups in total. The van der Waals surface area contributed by atoms with E-state index in [2.05, 4.69) is 28.4 Å². The summed E-state index contributed by atoms with van der Waals surface area (Å²) in [6.07, 6.45) is 5.40. The zero-order valence-electron chi connectivity index (χ0n) is 11.7. The van der Waals surface area contributed by atoms with E-state index in [9.17, 15) is 0 Å².